The lowest BCUT2D eigenvalue weighted by molar-refractivity contribution is -0.116. The maximum absolute atomic E-state index is 11.8. The van der Waals surface area contributed by atoms with Crippen LogP contribution in [-0.4, -0.2) is 34.7 Å². The fourth-order valence-corrected chi connectivity index (χ4v) is 2.34. The predicted octanol–water partition coefficient (Wildman–Crippen LogP) is 1.37. The van der Waals surface area contributed by atoms with E-state index in [2.05, 4.69) is 15.7 Å². The predicted molar refractivity (Wildman–Crippen MR) is 72.1 cm³/mol. The van der Waals surface area contributed by atoms with Crippen LogP contribution in [0.4, 0.5) is 5.69 Å². The number of alkyl halides is 1. The third kappa shape index (κ3) is 2.67. The van der Waals surface area contributed by atoms with Gasteiger partial charge in [0.2, 0.25) is 5.91 Å². The highest BCUT2D eigenvalue weighted by molar-refractivity contribution is 6.18. The Morgan fingerprint density at radius 2 is 2.33 bits per heavy atom. The van der Waals surface area contributed by atoms with Crippen molar-refractivity contribution < 1.29 is 4.79 Å². The van der Waals surface area contributed by atoms with Gasteiger partial charge in [0.05, 0.1) is 17.1 Å². The molecule has 0 radical (unpaired) electrons. The number of rotatable bonds is 5. The molecule has 1 aliphatic rings. The molecule has 2 N–H and O–H groups in total. The Morgan fingerprint density at radius 3 is 2.89 bits per heavy atom. The second kappa shape index (κ2) is 5.71. The molecule has 0 bridgehead atoms. The van der Waals surface area contributed by atoms with Gasteiger partial charge in [-0.2, -0.15) is 5.10 Å². The topological polar surface area (TPSA) is 59.0 Å². The first-order valence-corrected chi connectivity index (χ1v) is 6.77. The molecule has 5 nitrogen and oxygen atoms in total. The molecule has 0 saturated carbocycles. The van der Waals surface area contributed by atoms with Crippen LogP contribution in [0.25, 0.3) is 0 Å². The Balaban J connectivity index is 2.13. The fourth-order valence-electron chi connectivity index (χ4n) is 2.21. The van der Waals surface area contributed by atoms with E-state index in [1.807, 2.05) is 18.7 Å². The average Bonchev–Trinajstić information content (AvgIpc) is 2.51. The Hall–Kier alpha value is -1.07. The van der Waals surface area contributed by atoms with E-state index in [-0.39, 0.29) is 5.91 Å². The van der Waals surface area contributed by atoms with Gasteiger partial charge in [0, 0.05) is 38.4 Å². The quantitative estimate of drug-likeness (QED) is 0.795. The molecular formula is C12H19ClN4O. The minimum atomic E-state index is 0.0142. The minimum Gasteiger partial charge on any atom is -0.323 e. The van der Waals surface area contributed by atoms with Crippen molar-refractivity contribution in [2.45, 2.75) is 25.7 Å². The van der Waals surface area contributed by atoms with Gasteiger partial charge in [-0.05, 0) is 13.3 Å². The maximum atomic E-state index is 11.8. The summed E-state index contributed by atoms with van der Waals surface area (Å²) >= 11 is 5.59. The maximum Gasteiger partial charge on any atom is 0.224 e. The summed E-state index contributed by atoms with van der Waals surface area (Å²) in [4.78, 5) is 11.8. The summed E-state index contributed by atoms with van der Waals surface area (Å²) in [6, 6.07) is 0. The van der Waals surface area contributed by atoms with Crippen LogP contribution < -0.4 is 10.6 Å². The summed E-state index contributed by atoms with van der Waals surface area (Å²) in [5.74, 6) is 0.971. The number of anilines is 1. The van der Waals surface area contributed by atoms with Gasteiger partial charge in [0.15, 0.2) is 0 Å². The van der Waals surface area contributed by atoms with Crippen LogP contribution in [-0.2, 0) is 11.8 Å². The van der Waals surface area contributed by atoms with Gasteiger partial charge >= 0.3 is 0 Å². The van der Waals surface area contributed by atoms with E-state index in [0.717, 1.165) is 30.2 Å². The molecule has 0 spiro atoms. The molecule has 1 saturated heterocycles. The number of aryl methyl sites for hydroxylation is 2. The standard InChI is InChI=1S/C12H19ClN4O/c1-8-11(15-10(18)4-3-5-13)12(17(2)16-8)9-6-14-7-9/h9,14H,3-7H2,1-2H3,(H,15,18). The van der Waals surface area contributed by atoms with E-state index >= 15 is 0 Å². The summed E-state index contributed by atoms with van der Waals surface area (Å²) in [6.07, 6.45) is 1.16. The van der Waals surface area contributed by atoms with Crippen molar-refractivity contribution in [2.24, 2.45) is 7.05 Å². The first-order chi connectivity index (χ1) is 8.63. The number of hydrogen-bond donors (Lipinski definition) is 2. The molecule has 1 aliphatic heterocycles. The zero-order valence-corrected chi connectivity index (χ0v) is 11.5. The molecule has 1 aromatic rings. The van der Waals surface area contributed by atoms with Crippen LogP contribution in [0.5, 0.6) is 0 Å². The third-order valence-corrected chi connectivity index (χ3v) is 3.50. The number of carbonyl (C=O) groups excluding carboxylic acids is 1. The third-order valence-electron chi connectivity index (χ3n) is 3.24. The zero-order valence-electron chi connectivity index (χ0n) is 10.8. The van der Waals surface area contributed by atoms with Gasteiger partial charge in [0.1, 0.15) is 0 Å². The molecule has 0 aliphatic carbocycles. The normalized spacial score (nSPS) is 15.5. The van der Waals surface area contributed by atoms with Crippen molar-refractivity contribution in [3.8, 4) is 0 Å². The molecule has 2 heterocycles. The molecular weight excluding hydrogens is 252 g/mol. The second-order valence-corrected chi connectivity index (χ2v) is 5.04. The second-order valence-electron chi connectivity index (χ2n) is 4.67. The smallest absolute Gasteiger partial charge is 0.224 e. The number of amides is 1. The Kier molecular flexibility index (Phi) is 4.24. The van der Waals surface area contributed by atoms with E-state index in [0.29, 0.717) is 24.6 Å². The highest BCUT2D eigenvalue weighted by atomic mass is 35.5. The first-order valence-electron chi connectivity index (χ1n) is 6.23. The van der Waals surface area contributed by atoms with Crippen LogP contribution in [0.3, 0.4) is 0 Å². The fraction of sp³-hybridized carbons (Fsp3) is 0.667. The minimum absolute atomic E-state index is 0.0142. The Bertz CT molecular complexity index is 440. The molecule has 1 fully saturated rings. The summed E-state index contributed by atoms with van der Waals surface area (Å²) in [7, 11) is 1.93. The first kappa shape index (κ1) is 13.4. The number of nitrogens with zero attached hydrogens (tertiary/aromatic N) is 2. The Morgan fingerprint density at radius 1 is 1.61 bits per heavy atom. The van der Waals surface area contributed by atoms with Crippen LogP contribution in [0.1, 0.15) is 30.1 Å². The molecule has 6 heteroatoms. The average molecular weight is 271 g/mol. The molecule has 1 aromatic heterocycles. The van der Waals surface area contributed by atoms with Crippen LogP contribution in [0.15, 0.2) is 0 Å². The molecule has 18 heavy (non-hydrogen) atoms. The van der Waals surface area contributed by atoms with Gasteiger partial charge in [0.25, 0.3) is 0 Å². The van der Waals surface area contributed by atoms with Gasteiger partial charge in [-0.15, -0.1) is 11.6 Å². The van der Waals surface area contributed by atoms with Gasteiger partial charge in [-0.25, -0.2) is 0 Å². The van der Waals surface area contributed by atoms with Crippen molar-refractivity contribution in [1.82, 2.24) is 15.1 Å². The molecule has 0 atom stereocenters. The number of halogens is 1. The number of nitrogens with one attached hydrogen (secondary N) is 2. The summed E-state index contributed by atoms with van der Waals surface area (Å²) in [6.45, 7) is 3.82. The van der Waals surface area contributed by atoms with Crippen molar-refractivity contribution in [1.29, 1.82) is 0 Å². The van der Waals surface area contributed by atoms with Crippen molar-refractivity contribution in [3.63, 3.8) is 0 Å². The molecule has 2 rings (SSSR count). The highest BCUT2D eigenvalue weighted by Crippen LogP contribution is 2.29. The van der Waals surface area contributed by atoms with E-state index in [1.54, 1.807) is 0 Å². The molecule has 100 valence electrons. The summed E-state index contributed by atoms with van der Waals surface area (Å²) < 4.78 is 1.87. The lowest BCUT2D eigenvalue weighted by Crippen LogP contribution is -2.41. The van der Waals surface area contributed by atoms with E-state index in [1.165, 1.54) is 0 Å². The number of carbonyl (C=O) groups is 1. The molecule has 0 unspecified atom stereocenters. The Labute approximate surface area is 112 Å². The lowest BCUT2D eigenvalue weighted by atomic mass is 9.97. The van der Waals surface area contributed by atoms with Gasteiger partial charge in [-0.3, -0.25) is 9.48 Å². The van der Waals surface area contributed by atoms with Crippen LogP contribution in [0, 0.1) is 6.92 Å². The summed E-state index contributed by atoms with van der Waals surface area (Å²) in [5, 5.41) is 10.6. The van der Waals surface area contributed by atoms with Crippen LogP contribution in [0.2, 0.25) is 0 Å². The zero-order chi connectivity index (χ0) is 13.1. The van der Waals surface area contributed by atoms with E-state index in [4.69, 9.17) is 11.6 Å². The molecule has 0 aromatic carbocycles. The largest absolute Gasteiger partial charge is 0.323 e. The number of aromatic nitrogens is 2. The number of hydrogen-bond acceptors (Lipinski definition) is 3. The van der Waals surface area contributed by atoms with Crippen molar-refractivity contribution in [2.75, 3.05) is 24.3 Å². The van der Waals surface area contributed by atoms with Gasteiger partial charge in [-0.1, -0.05) is 0 Å². The SMILES string of the molecule is Cc1nn(C)c(C2CNC2)c1NC(=O)CCCCl. The lowest BCUT2D eigenvalue weighted by Gasteiger charge is -2.28. The van der Waals surface area contributed by atoms with Gasteiger partial charge < -0.3 is 10.6 Å². The van der Waals surface area contributed by atoms with Crippen molar-refractivity contribution >= 4 is 23.2 Å². The van der Waals surface area contributed by atoms with E-state index < -0.39 is 0 Å². The molecule has 1 amide bonds. The van der Waals surface area contributed by atoms with Crippen LogP contribution >= 0.6 is 11.6 Å². The monoisotopic (exact) mass is 270 g/mol. The van der Waals surface area contributed by atoms with Crippen molar-refractivity contribution in [3.05, 3.63) is 11.4 Å². The summed E-state index contributed by atoms with van der Waals surface area (Å²) in [5.41, 5.74) is 2.87. The van der Waals surface area contributed by atoms with E-state index in [9.17, 15) is 4.79 Å². The highest BCUT2D eigenvalue weighted by Gasteiger charge is 2.27.